The number of morpholine rings is 1. The summed E-state index contributed by atoms with van der Waals surface area (Å²) in [5.74, 6) is 0.429. The van der Waals surface area contributed by atoms with Gasteiger partial charge in [0.25, 0.3) is 0 Å². The first-order valence-electron chi connectivity index (χ1n) is 9.94. The molecule has 1 aliphatic rings. The van der Waals surface area contributed by atoms with Gasteiger partial charge in [0.05, 0.1) is 29.4 Å². The van der Waals surface area contributed by atoms with Gasteiger partial charge in [0.2, 0.25) is 0 Å². The molecular weight excluding hydrogens is 431 g/mol. The largest absolute Gasteiger partial charge is 0.435 e. The van der Waals surface area contributed by atoms with Crippen LogP contribution in [0.25, 0.3) is 33.5 Å². The molecule has 5 rings (SSSR count). The van der Waals surface area contributed by atoms with Gasteiger partial charge < -0.3 is 19.6 Å². The Hall–Kier alpha value is -2.62. The van der Waals surface area contributed by atoms with Crippen molar-refractivity contribution in [1.82, 2.24) is 24.8 Å². The van der Waals surface area contributed by atoms with E-state index in [4.69, 9.17) is 16.3 Å². The van der Waals surface area contributed by atoms with Crippen molar-refractivity contribution in [3.8, 4) is 11.5 Å². The quantitative estimate of drug-likeness (QED) is 0.476. The van der Waals surface area contributed by atoms with Crippen LogP contribution in [0.15, 0.2) is 36.5 Å². The number of aryl methyl sites for hydroxylation is 1. The second kappa shape index (κ2) is 7.81. The maximum atomic E-state index is 13.9. The third kappa shape index (κ3) is 3.77. The maximum absolute atomic E-state index is 13.9. The molecule has 10 heteroatoms. The summed E-state index contributed by atoms with van der Waals surface area (Å²) < 4.78 is 49.4. The number of hydrogen-bond acceptors (Lipinski definition) is 4. The summed E-state index contributed by atoms with van der Waals surface area (Å²) in [7, 11) is 0. The van der Waals surface area contributed by atoms with Crippen LogP contribution in [-0.2, 0) is 17.5 Å². The smallest absolute Gasteiger partial charge is 0.376 e. The lowest BCUT2D eigenvalue weighted by molar-refractivity contribution is -0.139. The fourth-order valence-corrected chi connectivity index (χ4v) is 4.20. The summed E-state index contributed by atoms with van der Waals surface area (Å²) in [6.45, 7) is 2.55. The number of alkyl halides is 3. The van der Waals surface area contributed by atoms with Crippen molar-refractivity contribution in [2.24, 2.45) is 0 Å². The highest BCUT2D eigenvalue weighted by atomic mass is 35.5. The van der Waals surface area contributed by atoms with Crippen LogP contribution in [0.3, 0.4) is 0 Å². The zero-order valence-corrected chi connectivity index (χ0v) is 17.1. The van der Waals surface area contributed by atoms with Gasteiger partial charge in [0.1, 0.15) is 5.52 Å². The molecule has 0 radical (unpaired) electrons. The summed E-state index contributed by atoms with van der Waals surface area (Å²) in [6, 6.07) is 8.37. The van der Waals surface area contributed by atoms with Gasteiger partial charge in [0.15, 0.2) is 11.5 Å². The van der Waals surface area contributed by atoms with E-state index in [2.05, 4.69) is 20.3 Å². The van der Waals surface area contributed by atoms with Gasteiger partial charge in [-0.25, -0.2) is 9.97 Å². The number of nitrogens with one attached hydrogen (secondary N) is 2. The van der Waals surface area contributed by atoms with Crippen LogP contribution in [0, 0.1) is 0 Å². The minimum atomic E-state index is -4.66. The first-order valence-corrected chi connectivity index (χ1v) is 10.3. The minimum absolute atomic E-state index is 0.0210. The van der Waals surface area contributed by atoms with Gasteiger partial charge >= 0.3 is 6.18 Å². The number of halogens is 4. The van der Waals surface area contributed by atoms with Crippen molar-refractivity contribution < 1.29 is 17.9 Å². The number of rotatable bonds is 4. The lowest BCUT2D eigenvalue weighted by Crippen LogP contribution is -2.38. The number of fused-ring (bicyclic) bond motifs is 3. The van der Waals surface area contributed by atoms with Crippen LogP contribution in [0.2, 0.25) is 5.02 Å². The number of pyridine rings is 1. The molecular formula is C21H19ClF3N5O. The molecule has 1 atom stereocenters. The zero-order chi connectivity index (χ0) is 21.6. The molecule has 1 fully saturated rings. The predicted octanol–water partition coefficient (Wildman–Crippen LogP) is 4.63. The lowest BCUT2D eigenvalue weighted by atomic mass is 10.1. The number of ether oxygens (including phenoxy) is 1. The highest BCUT2D eigenvalue weighted by Crippen LogP contribution is 2.39. The molecule has 0 spiro atoms. The molecule has 4 heterocycles. The number of H-pyrrole nitrogens is 1. The van der Waals surface area contributed by atoms with Crippen LogP contribution < -0.4 is 5.32 Å². The summed E-state index contributed by atoms with van der Waals surface area (Å²) in [5.41, 5.74) is 0.0209. The first kappa shape index (κ1) is 20.3. The van der Waals surface area contributed by atoms with E-state index in [1.54, 1.807) is 30.5 Å². The van der Waals surface area contributed by atoms with Crippen LogP contribution in [0.5, 0.6) is 0 Å². The molecule has 6 nitrogen and oxygen atoms in total. The third-order valence-electron chi connectivity index (χ3n) is 5.43. The molecule has 1 aromatic carbocycles. The SMILES string of the molecule is FC(F)(F)c1nc2cc(Cl)ccc2c2c1nc(-c1ccc[nH]1)n2CCC1CNCCO1. The second-order valence-corrected chi connectivity index (χ2v) is 7.91. The van der Waals surface area contributed by atoms with Crippen molar-refractivity contribution in [2.75, 3.05) is 19.7 Å². The molecule has 31 heavy (non-hydrogen) atoms. The fourth-order valence-electron chi connectivity index (χ4n) is 4.03. The lowest BCUT2D eigenvalue weighted by Gasteiger charge is -2.24. The van der Waals surface area contributed by atoms with Gasteiger partial charge in [0, 0.05) is 36.2 Å². The van der Waals surface area contributed by atoms with Gasteiger partial charge in [-0.05, 0) is 36.8 Å². The number of benzene rings is 1. The molecule has 1 aliphatic heterocycles. The highest BCUT2D eigenvalue weighted by molar-refractivity contribution is 6.31. The van der Waals surface area contributed by atoms with E-state index in [-0.39, 0.29) is 17.1 Å². The van der Waals surface area contributed by atoms with E-state index in [1.807, 2.05) is 4.57 Å². The Morgan fingerprint density at radius 2 is 2.10 bits per heavy atom. The van der Waals surface area contributed by atoms with E-state index in [9.17, 15) is 13.2 Å². The molecule has 0 amide bonds. The topological polar surface area (TPSA) is 67.8 Å². The summed E-state index contributed by atoms with van der Waals surface area (Å²) >= 11 is 6.05. The average Bonchev–Trinajstić information content (AvgIpc) is 3.39. The van der Waals surface area contributed by atoms with Crippen LogP contribution in [-0.4, -0.2) is 45.3 Å². The number of hydrogen-bond donors (Lipinski definition) is 2. The Labute approximate surface area is 180 Å². The normalized spacial score (nSPS) is 17.6. The van der Waals surface area contributed by atoms with Crippen molar-refractivity contribution >= 4 is 33.5 Å². The number of aromatic nitrogens is 4. The Bertz CT molecular complexity index is 1230. The van der Waals surface area contributed by atoms with Crippen molar-refractivity contribution in [3.05, 3.63) is 47.2 Å². The minimum Gasteiger partial charge on any atom is -0.376 e. The second-order valence-electron chi connectivity index (χ2n) is 7.47. The number of aromatic amines is 1. The number of imidazole rings is 1. The van der Waals surface area contributed by atoms with Crippen molar-refractivity contribution in [2.45, 2.75) is 25.2 Å². The fraction of sp³-hybridized carbons (Fsp3) is 0.333. The molecule has 3 aromatic heterocycles. The first-order chi connectivity index (χ1) is 14.9. The van der Waals surface area contributed by atoms with Crippen LogP contribution >= 0.6 is 11.6 Å². The van der Waals surface area contributed by atoms with Gasteiger partial charge in [-0.3, -0.25) is 0 Å². The Morgan fingerprint density at radius 1 is 1.23 bits per heavy atom. The molecule has 0 saturated carbocycles. The third-order valence-corrected chi connectivity index (χ3v) is 5.66. The molecule has 162 valence electrons. The molecule has 1 unspecified atom stereocenters. The highest BCUT2D eigenvalue weighted by Gasteiger charge is 2.37. The van der Waals surface area contributed by atoms with Crippen LogP contribution in [0.4, 0.5) is 13.2 Å². The Morgan fingerprint density at radius 3 is 2.81 bits per heavy atom. The summed E-state index contributed by atoms with van der Waals surface area (Å²) in [4.78, 5) is 11.4. The molecule has 1 saturated heterocycles. The predicted molar refractivity (Wildman–Crippen MR) is 112 cm³/mol. The molecule has 0 bridgehead atoms. The van der Waals surface area contributed by atoms with Crippen molar-refractivity contribution in [1.29, 1.82) is 0 Å². The van der Waals surface area contributed by atoms with Gasteiger partial charge in [-0.15, -0.1) is 0 Å². The Kier molecular flexibility index (Phi) is 5.11. The maximum Gasteiger partial charge on any atom is 0.435 e. The molecule has 2 N–H and O–H groups in total. The van der Waals surface area contributed by atoms with Crippen molar-refractivity contribution in [3.63, 3.8) is 0 Å². The summed E-state index contributed by atoms with van der Waals surface area (Å²) in [5, 5.41) is 4.17. The van der Waals surface area contributed by atoms with E-state index in [1.165, 1.54) is 6.07 Å². The standard InChI is InChI=1S/C21H19ClF3N5O/c22-12-3-4-14-16(10-12)28-19(21(23,24)25)17-18(14)30(8-5-13-11-26-7-9-31-13)20(29-17)15-2-1-6-27-15/h1-4,6,10,13,26-27H,5,7-9,11H2. The van der Waals surface area contributed by atoms with Gasteiger partial charge in [-0.1, -0.05) is 11.6 Å². The van der Waals surface area contributed by atoms with E-state index >= 15 is 0 Å². The molecule has 4 aromatic rings. The Balaban J connectivity index is 1.75. The van der Waals surface area contributed by atoms with E-state index in [0.717, 1.165) is 6.54 Å². The summed E-state index contributed by atoms with van der Waals surface area (Å²) in [6.07, 6.45) is -2.33. The monoisotopic (exact) mass is 449 g/mol. The van der Waals surface area contributed by atoms with Crippen LogP contribution in [0.1, 0.15) is 12.1 Å². The van der Waals surface area contributed by atoms with Gasteiger partial charge in [-0.2, -0.15) is 13.2 Å². The van der Waals surface area contributed by atoms with E-state index in [0.29, 0.717) is 53.6 Å². The zero-order valence-electron chi connectivity index (χ0n) is 16.3. The number of nitrogens with zero attached hydrogens (tertiary/aromatic N) is 3. The van der Waals surface area contributed by atoms with E-state index < -0.39 is 11.9 Å². The average molecular weight is 450 g/mol. The molecule has 0 aliphatic carbocycles.